The van der Waals surface area contributed by atoms with E-state index in [4.69, 9.17) is 16.3 Å². The quantitative estimate of drug-likeness (QED) is 0.698. The fourth-order valence-electron chi connectivity index (χ4n) is 2.50. The maximum absolute atomic E-state index is 12.5. The molecule has 0 bridgehead atoms. The normalized spacial score (nSPS) is 15.7. The van der Waals surface area contributed by atoms with Crippen molar-refractivity contribution in [3.8, 4) is 0 Å². The Balaban J connectivity index is 1.99. The standard InChI is InChI=1S/C17H14ClNO6S2/c1-19-15-6-4-3-5-13(15)16(10-27(19,23)24)25-17(20)12-8-7-11(9-14(12)18)26(2,21)22/h3-10H,1-2H3. The van der Waals surface area contributed by atoms with Crippen molar-refractivity contribution in [2.24, 2.45) is 0 Å². The molecule has 0 N–H and O–H groups in total. The number of ether oxygens (including phenoxy) is 1. The minimum absolute atomic E-state index is 0.0459. The molecule has 0 aromatic heterocycles. The van der Waals surface area contributed by atoms with E-state index >= 15 is 0 Å². The first-order valence-corrected chi connectivity index (χ1v) is 11.3. The molecule has 0 saturated heterocycles. The highest BCUT2D eigenvalue weighted by molar-refractivity contribution is 7.95. The van der Waals surface area contributed by atoms with Gasteiger partial charge in [-0.15, -0.1) is 0 Å². The summed E-state index contributed by atoms with van der Waals surface area (Å²) in [6, 6.07) is 10.1. The van der Waals surface area contributed by atoms with E-state index in [9.17, 15) is 21.6 Å². The Morgan fingerprint density at radius 3 is 2.44 bits per heavy atom. The number of sulfonamides is 1. The number of hydrogen-bond acceptors (Lipinski definition) is 6. The summed E-state index contributed by atoms with van der Waals surface area (Å²) in [7, 11) is -5.90. The van der Waals surface area contributed by atoms with Gasteiger partial charge in [-0.25, -0.2) is 21.6 Å². The molecule has 0 radical (unpaired) electrons. The molecule has 0 atom stereocenters. The van der Waals surface area contributed by atoms with Gasteiger partial charge in [0.15, 0.2) is 15.6 Å². The first-order chi connectivity index (χ1) is 12.5. The first kappa shape index (κ1) is 19.4. The molecule has 0 unspecified atom stereocenters. The third-order valence-corrected chi connectivity index (χ3v) is 6.83. The fourth-order valence-corrected chi connectivity index (χ4v) is 4.50. The van der Waals surface area contributed by atoms with Crippen LogP contribution in [0.25, 0.3) is 5.76 Å². The van der Waals surface area contributed by atoms with E-state index in [1.54, 1.807) is 24.3 Å². The van der Waals surface area contributed by atoms with Gasteiger partial charge in [0.05, 0.1) is 26.6 Å². The Kier molecular flexibility index (Phi) is 4.79. The maximum Gasteiger partial charge on any atom is 0.345 e. The van der Waals surface area contributed by atoms with E-state index in [0.717, 1.165) is 22.0 Å². The topological polar surface area (TPSA) is 97.8 Å². The van der Waals surface area contributed by atoms with E-state index in [0.29, 0.717) is 11.3 Å². The average Bonchev–Trinajstić information content (AvgIpc) is 2.58. The lowest BCUT2D eigenvalue weighted by Crippen LogP contribution is -2.29. The molecule has 10 heteroatoms. The number of esters is 1. The second-order valence-corrected chi connectivity index (χ2v) is 10.1. The average molecular weight is 428 g/mol. The summed E-state index contributed by atoms with van der Waals surface area (Å²) in [6.45, 7) is 0. The molecule has 3 rings (SSSR count). The molecule has 0 saturated carbocycles. The highest BCUT2D eigenvalue weighted by Crippen LogP contribution is 2.35. The van der Waals surface area contributed by atoms with Crippen LogP contribution in [0.5, 0.6) is 0 Å². The Labute approximate surface area is 161 Å². The van der Waals surface area contributed by atoms with E-state index in [2.05, 4.69) is 0 Å². The van der Waals surface area contributed by atoms with Crippen molar-refractivity contribution in [2.45, 2.75) is 4.90 Å². The van der Waals surface area contributed by atoms with Gasteiger partial charge in [0.25, 0.3) is 10.0 Å². The molecule has 2 aromatic carbocycles. The van der Waals surface area contributed by atoms with Crippen LogP contribution in [0.15, 0.2) is 52.8 Å². The number of halogens is 1. The van der Waals surface area contributed by atoms with Gasteiger partial charge in [-0.3, -0.25) is 4.31 Å². The summed E-state index contributed by atoms with van der Waals surface area (Å²) in [5.41, 5.74) is 0.701. The van der Waals surface area contributed by atoms with E-state index < -0.39 is 25.8 Å². The number of hydrogen-bond donors (Lipinski definition) is 0. The minimum atomic E-state index is -3.81. The number of carbonyl (C=O) groups excluding carboxylic acids is 1. The molecular formula is C17H14ClNO6S2. The van der Waals surface area contributed by atoms with Crippen LogP contribution in [0.4, 0.5) is 5.69 Å². The Morgan fingerprint density at radius 2 is 1.81 bits per heavy atom. The molecule has 142 valence electrons. The Morgan fingerprint density at radius 1 is 1.15 bits per heavy atom. The third kappa shape index (κ3) is 3.71. The Bertz CT molecular complexity index is 1190. The number of rotatable bonds is 3. The van der Waals surface area contributed by atoms with Gasteiger partial charge >= 0.3 is 5.97 Å². The first-order valence-electron chi connectivity index (χ1n) is 7.52. The summed E-state index contributed by atoms with van der Waals surface area (Å²) >= 11 is 6.02. The zero-order valence-electron chi connectivity index (χ0n) is 14.2. The van der Waals surface area contributed by atoms with E-state index in [1.165, 1.54) is 19.2 Å². The van der Waals surface area contributed by atoms with Crippen molar-refractivity contribution in [2.75, 3.05) is 17.6 Å². The molecule has 2 aromatic rings. The molecule has 0 spiro atoms. The molecule has 7 nitrogen and oxygen atoms in total. The van der Waals surface area contributed by atoms with Gasteiger partial charge in [0, 0.05) is 18.9 Å². The minimum Gasteiger partial charge on any atom is -0.421 e. The van der Waals surface area contributed by atoms with Crippen molar-refractivity contribution in [1.29, 1.82) is 0 Å². The molecule has 0 fully saturated rings. The van der Waals surface area contributed by atoms with Crippen molar-refractivity contribution >= 4 is 48.9 Å². The lowest BCUT2D eigenvalue weighted by atomic mass is 10.1. The molecule has 1 heterocycles. The van der Waals surface area contributed by atoms with E-state index in [1.807, 2.05) is 0 Å². The molecule has 27 heavy (non-hydrogen) atoms. The number of anilines is 1. The molecule has 0 amide bonds. The monoisotopic (exact) mass is 427 g/mol. The zero-order chi connectivity index (χ0) is 20.0. The number of nitrogens with zero attached hydrogens (tertiary/aromatic N) is 1. The smallest absolute Gasteiger partial charge is 0.345 e. The number of fused-ring (bicyclic) bond motifs is 1. The Hall–Kier alpha value is -2.36. The second-order valence-electron chi connectivity index (χ2n) is 5.82. The summed E-state index contributed by atoms with van der Waals surface area (Å²) in [4.78, 5) is 12.4. The number of carbonyl (C=O) groups is 1. The van der Waals surface area contributed by atoms with Crippen LogP contribution in [-0.2, 0) is 24.6 Å². The number of benzene rings is 2. The summed E-state index contributed by atoms with van der Waals surface area (Å²) in [5, 5.41) is 0.735. The van der Waals surface area contributed by atoms with Crippen LogP contribution < -0.4 is 4.31 Å². The van der Waals surface area contributed by atoms with Crippen LogP contribution in [0.2, 0.25) is 5.02 Å². The highest BCUT2D eigenvalue weighted by atomic mass is 35.5. The largest absolute Gasteiger partial charge is 0.421 e. The van der Waals surface area contributed by atoms with Crippen molar-refractivity contribution in [1.82, 2.24) is 0 Å². The molecule has 1 aliphatic rings. The van der Waals surface area contributed by atoms with Gasteiger partial charge in [0.1, 0.15) is 0 Å². The predicted molar refractivity (Wildman–Crippen MR) is 102 cm³/mol. The van der Waals surface area contributed by atoms with Crippen molar-refractivity contribution < 1.29 is 26.4 Å². The predicted octanol–water partition coefficient (Wildman–Crippen LogP) is 2.68. The van der Waals surface area contributed by atoms with Gasteiger partial charge in [-0.05, 0) is 30.3 Å². The number of sulfone groups is 1. The van der Waals surface area contributed by atoms with Gasteiger partial charge in [0.2, 0.25) is 0 Å². The SMILES string of the molecule is CN1c2ccccc2C(OC(=O)c2ccc(S(C)(=O)=O)cc2Cl)=CS1(=O)=O. The molecule has 0 aliphatic carbocycles. The van der Waals surface area contributed by atoms with Gasteiger partial charge < -0.3 is 4.74 Å². The van der Waals surface area contributed by atoms with Gasteiger partial charge in [-0.2, -0.15) is 0 Å². The summed E-state index contributed by atoms with van der Waals surface area (Å²) in [5.74, 6) is -1.04. The summed E-state index contributed by atoms with van der Waals surface area (Å²) in [6.07, 6.45) is 1.02. The fraction of sp³-hybridized carbons (Fsp3) is 0.118. The van der Waals surface area contributed by atoms with Gasteiger partial charge in [-0.1, -0.05) is 23.7 Å². The lowest BCUT2D eigenvalue weighted by molar-refractivity contribution is 0.0692. The number of para-hydroxylation sites is 1. The highest BCUT2D eigenvalue weighted by Gasteiger charge is 2.29. The van der Waals surface area contributed by atoms with E-state index in [-0.39, 0.29) is 21.2 Å². The van der Waals surface area contributed by atoms with Crippen LogP contribution in [0, 0.1) is 0 Å². The van der Waals surface area contributed by atoms with Crippen molar-refractivity contribution in [3.05, 3.63) is 64.0 Å². The molecular weight excluding hydrogens is 414 g/mol. The second kappa shape index (κ2) is 6.66. The van der Waals surface area contributed by atoms with Crippen LogP contribution >= 0.6 is 11.6 Å². The van der Waals surface area contributed by atoms with Crippen LogP contribution in [0.3, 0.4) is 0 Å². The van der Waals surface area contributed by atoms with Crippen LogP contribution in [-0.4, -0.2) is 36.1 Å². The lowest BCUT2D eigenvalue weighted by Gasteiger charge is -2.26. The van der Waals surface area contributed by atoms with Crippen LogP contribution in [0.1, 0.15) is 15.9 Å². The third-order valence-electron chi connectivity index (χ3n) is 3.94. The molecule has 1 aliphatic heterocycles. The zero-order valence-corrected chi connectivity index (χ0v) is 16.6. The summed E-state index contributed by atoms with van der Waals surface area (Å²) < 4.78 is 54.0. The maximum atomic E-state index is 12.5. The van der Waals surface area contributed by atoms with Crippen molar-refractivity contribution in [3.63, 3.8) is 0 Å².